The fourth-order valence-corrected chi connectivity index (χ4v) is 1.67. The Morgan fingerprint density at radius 2 is 1.78 bits per heavy atom. The van der Waals surface area contributed by atoms with Gasteiger partial charge in [0.1, 0.15) is 5.82 Å². The minimum Gasteiger partial charge on any atom is -0.255 e. The second-order valence-corrected chi connectivity index (χ2v) is 4.47. The van der Waals surface area contributed by atoms with Crippen molar-refractivity contribution in [3.05, 3.63) is 52.4 Å². The van der Waals surface area contributed by atoms with Gasteiger partial charge in [-0.3, -0.25) is 4.98 Å². The molecular formula is C12H6BrF4N. The summed E-state index contributed by atoms with van der Waals surface area (Å²) in [6.07, 6.45) is -3.10. The van der Waals surface area contributed by atoms with E-state index in [1.54, 1.807) is 6.07 Å². The summed E-state index contributed by atoms with van der Waals surface area (Å²) in [4.78, 5) is 3.93. The highest BCUT2D eigenvalue weighted by Crippen LogP contribution is 2.32. The van der Waals surface area contributed by atoms with Crippen LogP contribution in [0.5, 0.6) is 0 Å². The zero-order valence-electron chi connectivity index (χ0n) is 8.80. The number of nitrogens with zero attached hydrogens (tertiary/aromatic N) is 1. The Labute approximate surface area is 109 Å². The Morgan fingerprint density at radius 3 is 2.28 bits per heavy atom. The molecule has 1 heterocycles. The van der Waals surface area contributed by atoms with Crippen LogP contribution in [0.15, 0.2) is 41.0 Å². The van der Waals surface area contributed by atoms with Crippen LogP contribution in [0.1, 0.15) is 5.56 Å². The summed E-state index contributed by atoms with van der Waals surface area (Å²) in [6.45, 7) is 0. The van der Waals surface area contributed by atoms with E-state index in [0.29, 0.717) is 10.5 Å². The lowest BCUT2D eigenvalue weighted by Crippen LogP contribution is -2.05. The SMILES string of the molecule is Fc1cc(C(F)(F)F)ccc1-c1ccc(Br)cn1. The van der Waals surface area contributed by atoms with Gasteiger partial charge in [-0.1, -0.05) is 0 Å². The van der Waals surface area contributed by atoms with Gasteiger partial charge in [-0.05, 0) is 46.3 Å². The van der Waals surface area contributed by atoms with Gasteiger partial charge in [-0.15, -0.1) is 0 Å². The third kappa shape index (κ3) is 2.69. The normalized spacial score (nSPS) is 11.6. The molecule has 0 saturated heterocycles. The number of hydrogen-bond donors (Lipinski definition) is 0. The van der Waals surface area contributed by atoms with Gasteiger partial charge in [0.2, 0.25) is 0 Å². The van der Waals surface area contributed by atoms with Crippen molar-refractivity contribution in [3.63, 3.8) is 0 Å². The van der Waals surface area contributed by atoms with Crippen molar-refractivity contribution >= 4 is 15.9 Å². The number of benzene rings is 1. The summed E-state index contributed by atoms with van der Waals surface area (Å²) in [5.41, 5.74) is -0.694. The van der Waals surface area contributed by atoms with E-state index in [1.807, 2.05) is 0 Å². The molecule has 0 N–H and O–H groups in total. The highest BCUT2D eigenvalue weighted by Gasteiger charge is 2.31. The molecule has 2 aromatic rings. The summed E-state index contributed by atoms with van der Waals surface area (Å²) in [5.74, 6) is -0.945. The van der Waals surface area contributed by atoms with Crippen molar-refractivity contribution in [1.82, 2.24) is 4.98 Å². The van der Waals surface area contributed by atoms with Crippen LogP contribution in [-0.4, -0.2) is 4.98 Å². The van der Waals surface area contributed by atoms with E-state index in [0.717, 1.165) is 12.1 Å². The maximum atomic E-state index is 13.6. The zero-order valence-corrected chi connectivity index (χ0v) is 10.4. The van der Waals surface area contributed by atoms with Crippen molar-refractivity contribution in [2.75, 3.05) is 0 Å². The van der Waals surface area contributed by atoms with E-state index in [9.17, 15) is 17.6 Å². The predicted molar refractivity (Wildman–Crippen MR) is 62.3 cm³/mol. The molecular weight excluding hydrogens is 314 g/mol. The fourth-order valence-electron chi connectivity index (χ4n) is 1.43. The Kier molecular flexibility index (Phi) is 3.38. The quantitative estimate of drug-likeness (QED) is 0.696. The summed E-state index contributed by atoms with van der Waals surface area (Å²) in [5, 5.41) is 0. The maximum absolute atomic E-state index is 13.6. The van der Waals surface area contributed by atoms with Crippen LogP contribution in [0.3, 0.4) is 0 Å². The molecule has 1 nitrogen and oxygen atoms in total. The van der Waals surface area contributed by atoms with Crippen molar-refractivity contribution in [2.24, 2.45) is 0 Å². The lowest BCUT2D eigenvalue weighted by molar-refractivity contribution is -0.137. The van der Waals surface area contributed by atoms with Crippen LogP contribution < -0.4 is 0 Å². The fraction of sp³-hybridized carbons (Fsp3) is 0.0833. The smallest absolute Gasteiger partial charge is 0.255 e. The molecule has 0 atom stereocenters. The Balaban J connectivity index is 2.45. The summed E-state index contributed by atoms with van der Waals surface area (Å²) >= 11 is 3.17. The third-order valence-corrected chi connectivity index (χ3v) is 2.77. The average molecular weight is 320 g/mol. The molecule has 0 unspecified atom stereocenters. The van der Waals surface area contributed by atoms with E-state index in [4.69, 9.17) is 0 Å². The third-order valence-electron chi connectivity index (χ3n) is 2.30. The van der Waals surface area contributed by atoms with Crippen LogP contribution >= 0.6 is 15.9 Å². The first-order valence-electron chi connectivity index (χ1n) is 4.86. The topological polar surface area (TPSA) is 12.9 Å². The summed E-state index contributed by atoms with van der Waals surface area (Å²) < 4.78 is 51.4. The Hall–Kier alpha value is -1.43. The van der Waals surface area contributed by atoms with Gasteiger partial charge in [0.05, 0.1) is 11.3 Å². The van der Waals surface area contributed by atoms with E-state index in [2.05, 4.69) is 20.9 Å². The van der Waals surface area contributed by atoms with Crippen molar-refractivity contribution < 1.29 is 17.6 Å². The molecule has 0 amide bonds. The molecule has 0 bridgehead atoms. The van der Waals surface area contributed by atoms with Gasteiger partial charge in [-0.2, -0.15) is 13.2 Å². The van der Waals surface area contributed by atoms with Crippen LogP contribution in [-0.2, 0) is 6.18 Å². The monoisotopic (exact) mass is 319 g/mol. The number of halogens is 5. The predicted octanol–water partition coefficient (Wildman–Crippen LogP) is 4.67. The highest BCUT2D eigenvalue weighted by molar-refractivity contribution is 9.10. The molecule has 1 aromatic heterocycles. The molecule has 0 aliphatic heterocycles. The van der Waals surface area contributed by atoms with Crippen LogP contribution in [0, 0.1) is 5.82 Å². The van der Waals surface area contributed by atoms with Gasteiger partial charge in [0.15, 0.2) is 0 Å². The molecule has 94 valence electrons. The van der Waals surface area contributed by atoms with Gasteiger partial charge in [0.25, 0.3) is 0 Å². The molecule has 0 radical (unpaired) electrons. The molecule has 0 aliphatic carbocycles. The average Bonchev–Trinajstić information content (AvgIpc) is 2.29. The second-order valence-electron chi connectivity index (χ2n) is 3.55. The van der Waals surface area contributed by atoms with Crippen LogP contribution in [0.4, 0.5) is 17.6 Å². The molecule has 0 fully saturated rings. The van der Waals surface area contributed by atoms with E-state index in [-0.39, 0.29) is 11.3 Å². The van der Waals surface area contributed by atoms with Crippen molar-refractivity contribution in [3.8, 4) is 11.3 Å². The zero-order chi connectivity index (χ0) is 13.3. The molecule has 18 heavy (non-hydrogen) atoms. The van der Waals surface area contributed by atoms with Crippen LogP contribution in [0.25, 0.3) is 11.3 Å². The Bertz CT molecular complexity index is 563. The number of aromatic nitrogens is 1. The van der Waals surface area contributed by atoms with Gasteiger partial charge in [-0.25, -0.2) is 4.39 Å². The standard InChI is InChI=1S/C12H6BrF4N/c13-8-2-4-11(18-6-8)9-3-1-7(5-10(9)14)12(15,16)17/h1-6H. The molecule has 2 rings (SSSR count). The number of hydrogen-bond acceptors (Lipinski definition) is 1. The highest BCUT2D eigenvalue weighted by atomic mass is 79.9. The summed E-state index contributed by atoms with van der Waals surface area (Å²) in [6, 6.07) is 5.55. The number of pyridine rings is 1. The first-order valence-corrected chi connectivity index (χ1v) is 5.66. The number of alkyl halides is 3. The second kappa shape index (κ2) is 4.68. The lowest BCUT2D eigenvalue weighted by atomic mass is 10.1. The minimum atomic E-state index is -4.55. The van der Waals surface area contributed by atoms with Gasteiger partial charge in [0, 0.05) is 16.2 Å². The van der Waals surface area contributed by atoms with E-state index < -0.39 is 17.6 Å². The first-order chi connectivity index (χ1) is 8.38. The molecule has 1 aromatic carbocycles. The lowest BCUT2D eigenvalue weighted by Gasteiger charge is -2.08. The Morgan fingerprint density at radius 1 is 1.06 bits per heavy atom. The van der Waals surface area contributed by atoms with Crippen LogP contribution in [0.2, 0.25) is 0 Å². The van der Waals surface area contributed by atoms with Gasteiger partial charge < -0.3 is 0 Å². The van der Waals surface area contributed by atoms with E-state index in [1.165, 1.54) is 12.3 Å². The maximum Gasteiger partial charge on any atom is 0.416 e. The molecule has 0 aliphatic rings. The molecule has 6 heteroatoms. The minimum absolute atomic E-state index is 0.0375. The largest absolute Gasteiger partial charge is 0.416 e. The van der Waals surface area contributed by atoms with Crippen molar-refractivity contribution in [2.45, 2.75) is 6.18 Å². The number of rotatable bonds is 1. The first kappa shape index (κ1) is 13.0. The summed E-state index contributed by atoms with van der Waals surface area (Å²) in [7, 11) is 0. The van der Waals surface area contributed by atoms with Crippen molar-refractivity contribution in [1.29, 1.82) is 0 Å². The molecule has 0 spiro atoms. The molecule has 0 saturated carbocycles. The van der Waals surface area contributed by atoms with E-state index >= 15 is 0 Å². The van der Waals surface area contributed by atoms with Gasteiger partial charge >= 0.3 is 6.18 Å².